The third-order valence-electron chi connectivity index (χ3n) is 6.34. The zero-order chi connectivity index (χ0) is 24.9. The number of esters is 1. The Bertz CT molecular complexity index is 927. The molecule has 0 radical (unpaired) electrons. The SMILES string of the molecule is Cc1ccc(-c2nc(COC3CCCC(CN[C@H](C(=O)OC(C)(C)C)C(C)C)C3)c(C)o2)cc1. The van der Waals surface area contributed by atoms with Crippen LogP contribution in [0, 0.1) is 25.7 Å². The van der Waals surface area contributed by atoms with Gasteiger partial charge in [0.15, 0.2) is 0 Å². The van der Waals surface area contributed by atoms with Gasteiger partial charge in [-0.15, -0.1) is 0 Å². The van der Waals surface area contributed by atoms with Gasteiger partial charge in [-0.1, -0.05) is 38.0 Å². The van der Waals surface area contributed by atoms with Gasteiger partial charge in [-0.3, -0.25) is 4.79 Å². The second-order valence-corrected chi connectivity index (χ2v) is 11.0. The van der Waals surface area contributed by atoms with Gasteiger partial charge in [-0.05, 0) is 84.4 Å². The smallest absolute Gasteiger partial charge is 0.323 e. The molecule has 0 amide bonds. The molecule has 1 aromatic carbocycles. The molecule has 1 aliphatic carbocycles. The molecular formula is C28H42N2O4. The second kappa shape index (κ2) is 11.5. The number of ether oxygens (including phenoxy) is 2. The number of hydrogen-bond donors (Lipinski definition) is 1. The Hall–Kier alpha value is -2.18. The summed E-state index contributed by atoms with van der Waals surface area (Å²) < 4.78 is 17.8. The summed E-state index contributed by atoms with van der Waals surface area (Å²) in [7, 11) is 0. The largest absolute Gasteiger partial charge is 0.459 e. The highest BCUT2D eigenvalue weighted by Crippen LogP contribution is 2.28. The van der Waals surface area contributed by atoms with Crippen LogP contribution in [-0.4, -0.2) is 35.2 Å². The molecule has 2 unspecified atom stereocenters. The summed E-state index contributed by atoms with van der Waals surface area (Å²) in [6.45, 7) is 15.1. The standard InChI is InChI=1S/C28H42N2O4/c1-18(2)25(27(31)34-28(5,6)7)29-16-21-9-8-10-23(15-21)32-17-24-20(4)33-26(30-24)22-13-11-19(3)12-14-22/h11-14,18,21,23,25,29H,8-10,15-17H2,1-7H3/t21?,23?,25-/m0/s1. The maximum absolute atomic E-state index is 12.6. The van der Waals surface area contributed by atoms with Crippen molar-refractivity contribution in [3.05, 3.63) is 41.3 Å². The fourth-order valence-corrected chi connectivity index (χ4v) is 4.41. The van der Waals surface area contributed by atoms with E-state index in [0.717, 1.165) is 49.2 Å². The van der Waals surface area contributed by atoms with E-state index in [0.29, 0.717) is 18.4 Å². The topological polar surface area (TPSA) is 73.6 Å². The van der Waals surface area contributed by atoms with Crippen LogP contribution in [0.4, 0.5) is 0 Å². The average Bonchev–Trinajstić information content (AvgIpc) is 3.12. The number of benzene rings is 1. The maximum atomic E-state index is 12.6. The number of aromatic nitrogens is 1. The quantitative estimate of drug-likeness (QED) is 0.454. The molecule has 6 nitrogen and oxygen atoms in total. The number of oxazole rings is 1. The van der Waals surface area contributed by atoms with Crippen molar-refractivity contribution in [2.45, 2.75) is 98.5 Å². The number of aryl methyl sites for hydroxylation is 2. The fraction of sp³-hybridized carbons (Fsp3) is 0.643. The van der Waals surface area contributed by atoms with E-state index in [1.54, 1.807) is 0 Å². The molecule has 0 spiro atoms. The maximum Gasteiger partial charge on any atom is 0.323 e. The molecule has 6 heteroatoms. The summed E-state index contributed by atoms with van der Waals surface area (Å²) in [6.07, 6.45) is 4.50. The van der Waals surface area contributed by atoms with Gasteiger partial charge in [-0.25, -0.2) is 4.98 Å². The molecule has 3 atom stereocenters. The Morgan fingerprint density at radius 2 is 1.88 bits per heavy atom. The van der Waals surface area contributed by atoms with Crippen LogP contribution in [0.15, 0.2) is 28.7 Å². The number of carbonyl (C=O) groups excluding carboxylic acids is 1. The zero-order valence-electron chi connectivity index (χ0n) is 21.9. The number of nitrogens with zero attached hydrogens (tertiary/aromatic N) is 1. The van der Waals surface area contributed by atoms with Gasteiger partial charge < -0.3 is 19.2 Å². The lowest BCUT2D eigenvalue weighted by molar-refractivity contribution is -0.158. The summed E-state index contributed by atoms with van der Waals surface area (Å²) in [4.78, 5) is 17.3. The lowest BCUT2D eigenvalue weighted by atomic mass is 9.86. The number of nitrogens with one attached hydrogen (secondary N) is 1. The Morgan fingerprint density at radius 3 is 2.53 bits per heavy atom. The third kappa shape index (κ3) is 7.67. The summed E-state index contributed by atoms with van der Waals surface area (Å²) in [6, 6.07) is 7.90. The molecule has 0 aliphatic heterocycles. The third-order valence-corrected chi connectivity index (χ3v) is 6.34. The van der Waals surface area contributed by atoms with Crippen molar-refractivity contribution in [1.29, 1.82) is 0 Å². The lowest BCUT2D eigenvalue weighted by Crippen LogP contribution is -2.46. The molecule has 1 aliphatic rings. The van der Waals surface area contributed by atoms with Crippen molar-refractivity contribution in [2.24, 2.45) is 11.8 Å². The molecule has 3 rings (SSSR count). The zero-order valence-corrected chi connectivity index (χ0v) is 21.9. The minimum absolute atomic E-state index is 0.169. The Kier molecular flexibility index (Phi) is 8.94. The van der Waals surface area contributed by atoms with E-state index in [4.69, 9.17) is 13.9 Å². The van der Waals surface area contributed by atoms with Crippen LogP contribution in [0.1, 0.15) is 77.3 Å². The first-order chi connectivity index (χ1) is 16.0. The monoisotopic (exact) mass is 470 g/mol. The molecule has 188 valence electrons. The summed E-state index contributed by atoms with van der Waals surface area (Å²) >= 11 is 0. The summed E-state index contributed by atoms with van der Waals surface area (Å²) in [5, 5.41) is 3.48. The first kappa shape index (κ1) is 26.4. The van der Waals surface area contributed by atoms with Crippen LogP contribution >= 0.6 is 0 Å². The molecule has 1 N–H and O–H groups in total. The second-order valence-electron chi connectivity index (χ2n) is 11.0. The van der Waals surface area contributed by atoms with E-state index < -0.39 is 5.60 Å². The van der Waals surface area contributed by atoms with Gasteiger partial charge in [0.2, 0.25) is 5.89 Å². The van der Waals surface area contributed by atoms with Gasteiger partial charge in [0.25, 0.3) is 0 Å². The Morgan fingerprint density at radius 1 is 1.18 bits per heavy atom. The van der Waals surface area contributed by atoms with Gasteiger partial charge in [0, 0.05) is 5.56 Å². The van der Waals surface area contributed by atoms with E-state index >= 15 is 0 Å². The number of rotatable bonds is 9. The van der Waals surface area contributed by atoms with Gasteiger partial charge in [0.1, 0.15) is 23.1 Å². The van der Waals surface area contributed by atoms with Gasteiger partial charge >= 0.3 is 5.97 Å². The van der Waals surface area contributed by atoms with Crippen molar-refractivity contribution in [3.63, 3.8) is 0 Å². The molecule has 2 aromatic rings. The van der Waals surface area contributed by atoms with E-state index in [-0.39, 0.29) is 24.0 Å². The molecule has 1 heterocycles. The molecular weight excluding hydrogens is 428 g/mol. The van der Waals surface area contributed by atoms with Crippen LogP contribution in [0.3, 0.4) is 0 Å². The van der Waals surface area contributed by atoms with Crippen molar-refractivity contribution in [1.82, 2.24) is 10.3 Å². The van der Waals surface area contributed by atoms with Gasteiger partial charge in [-0.2, -0.15) is 0 Å². The van der Waals surface area contributed by atoms with Crippen molar-refractivity contribution in [2.75, 3.05) is 6.54 Å². The van der Waals surface area contributed by atoms with Crippen LogP contribution < -0.4 is 5.32 Å². The highest BCUT2D eigenvalue weighted by atomic mass is 16.6. The van der Waals surface area contributed by atoms with E-state index in [1.807, 2.05) is 39.8 Å². The number of hydrogen-bond acceptors (Lipinski definition) is 6. The van der Waals surface area contributed by atoms with Crippen molar-refractivity contribution in [3.8, 4) is 11.5 Å². The lowest BCUT2D eigenvalue weighted by Gasteiger charge is -2.32. The van der Waals surface area contributed by atoms with Crippen molar-refractivity contribution >= 4 is 5.97 Å². The predicted octanol–water partition coefficient (Wildman–Crippen LogP) is 5.99. The summed E-state index contributed by atoms with van der Waals surface area (Å²) in [5.74, 6) is 1.93. The average molecular weight is 471 g/mol. The highest BCUT2D eigenvalue weighted by Gasteiger charge is 2.30. The fourth-order valence-electron chi connectivity index (χ4n) is 4.41. The first-order valence-corrected chi connectivity index (χ1v) is 12.6. The number of carbonyl (C=O) groups is 1. The predicted molar refractivity (Wildman–Crippen MR) is 134 cm³/mol. The first-order valence-electron chi connectivity index (χ1n) is 12.6. The minimum Gasteiger partial charge on any atom is -0.459 e. The molecule has 1 fully saturated rings. The van der Waals surface area contributed by atoms with Crippen LogP contribution in [0.25, 0.3) is 11.5 Å². The summed E-state index contributed by atoms with van der Waals surface area (Å²) in [5.41, 5.74) is 2.57. The van der Waals surface area contributed by atoms with Gasteiger partial charge in [0.05, 0.1) is 12.7 Å². The Balaban J connectivity index is 1.51. The molecule has 34 heavy (non-hydrogen) atoms. The highest BCUT2D eigenvalue weighted by molar-refractivity contribution is 5.76. The Labute approximate surface area is 204 Å². The van der Waals surface area contributed by atoms with Crippen LogP contribution in [-0.2, 0) is 20.9 Å². The molecule has 0 bridgehead atoms. The van der Waals surface area contributed by atoms with Crippen LogP contribution in [0.2, 0.25) is 0 Å². The van der Waals surface area contributed by atoms with E-state index in [9.17, 15) is 4.79 Å². The normalized spacial score (nSPS) is 19.9. The molecule has 1 saturated carbocycles. The van der Waals surface area contributed by atoms with Crippen LogP contribution in [0.5, 0.6) is 0 Å². The van der Waals surface area contributed by atoms with Crippen molar-refractivity contribution < 1.29 is 18.7 Å². The van der Waals surface area contributed by atoms with E-state index in [2.05, 4.69) is 43.2 Å². The molecule has 0 saturated heterocycles. The van der Waals surface area contributed by atoms with E-state index in [1.165, 1.54) is 5.56 Å². The minimum atomic E-state index is -0.478. The molecule has 1 aromatic heterocycles.